The Kier molecular flexibility index (Phi) is 5.69. The van der Waals surface area contributed by atoms with Gasteiger partial charge in [0.1, 0.15) is 0 Å². The van der Waals surface area contributed by atoms with Gasteiger partial charge in [-0.1, -0.05) is 109 Å². The summed E-state index contributed by atoms with van der Waals surface area (Å²) < 4.78 is 7.98. The molecule has 0 radical (unpaired) electrons. The Hall–Kier alpha value is -5.72. The van der Waals surface area contributed by atoms with Gasteiger partial charge in [0, 0.05) is 66.2 Å². The van der Waals surface area contributed by atoms with E-state index in [0.29, 0.717) is 0 Å². The highest BCUT2D eigenvalue weighted by atomic mass is 32.1. The van der Waals surface area contributed by atoms with E-state index >= 15 is 0 Å². The highest BCUT2D eigenvalue weighted by molar-refractivity contribution is 7.26. The molecule has 244 valence electrons. The minimum atomic E-state index is 0.149. The van der Waals surface area contributed by atoms with Gasteiger partial charge in [0.2, 0.25) is 6.71 Å². The molecule has 11 aromatic rings. The van der Waals surface area contributed by atoms with Gasteiger partial charge in [0.15, 0.2) is 0 Å². The normalized spacial score (nSPS) is 13.2. The summed E-state index contributed by atoms with van der Waals surface area (Å²) in [6.07, 6.45) is 0. The van der Waals surface area contributed by atoms with E-state index in [1.54, 1.807) is 0 Å². The summed E-state index contributed by atoms with van der Waals surface area (Å²) in [7, 11) is 0. The van der Waals surface area contributed by atoms with Crippen molar-refractivity contribution in [3.8, 4) is 22.3 Å². The standard InChI is InChI=1S/C48H26BNS3/c1-5-16-34-29(11-1)33-25-27(28-15-9-21-41-44(28)30-12-2-6-18-38(30)51-41)26-37-47(33)49(34)35-23-24-43-46(32-14-4-8-20-40(32)53-43)48(35)50(37)36-17-10-22-42-45(36)31-13-3-7-19-39(31)52-42/h1-26H. The summed E-state index contributed by atoms with van der Waals surface area (Å²) in [5, 5.41) is 8.01. The van der Waals surface area contributed by atoms with Gasteiger partial charge in [-0.2, -0.15) is 0 Å². The number of rotatable bonds is 2. The van der Waals surface area contributed by atoms with Gasteiger partial charge >= 0.3 is 0 Å². The fourth-order valence-electron chi connectivity index (χ4n) is 9.59. The Morgan fingerprint density at radius 1 is 0.377 bits per heavy atom. The molecular formula is C48H26BNS3. The molecule has 13 rings (SSSR count). The van der Waals surface area contributed by atoms with Crippen LogP contribution in [0.2, 0.25) is 0 Å². The van der Waals surface area contributed by atoms with Crippen LogP contribution in [0.25, 0.3) is 82.8 Å². The Morgan fingerprint density at radius 2 is 0.943 bits per heavy atom. The van der Waals surface area contributed by atoms with Gasteiger partial charge in [-0.3, -0.25) is 0 Å². The summed E-state index contributed by atoms with van der Waals surface area (Å²) in [4.78, 5) is 2.68. The van der Waals surface area contributed by atoms with Crippen LogP contribution >= 0.6 is 34.0 Å². The van der Waals surface area contributed by atoms with Crippen molar-refractivity contribution in [1.82, 2.24) is 0 Å². The molecule has 0 spiro atoms. The van der Waals surface area contributed by atoms with Crippen LogP contribution in [0.1, 0.15) is 0 Å². The third kappa shape index (κ3) is 3.76. The highest BCUT2D eigenvalue weighted by Crippen LogP contribution is 2.52. The van der Waals surface area contributed by atoms with Gasteiger partial charge in [-0.05, 0) is 87.8 Å². The molecule has 0 saturated heterocycles. The topological polar surface area (TPSA) is 3.24 Å². The van der Waals surface area contributed by atoms with Crippen molar-refractivity contribution >= 4 is 135 Å². The smallest absolute Gasteiger partial charge is 0.248 e. The molecule has 53 heavy (non-hydrogen) atoms. The molecule has 3 aromatic heterocycles. The van der Waals surface area contributed by atoms with Crippen molar-refractivity contribution in [2.75, 3.05) is 4.90 Å². The molecule has 8 aromatic carbocycles. The van der Waals surface area contributed by atoms with Crippen LogP contribution in [0.15, 0.2) is 158 Å². The second-order valence-corrected chi connectivity index (χ2v) is 17.6. The predicted molar refractivity (Wildman–Crippen MR) is 235 cm³/mol. The van der Waals surface area contributed by atoms with Crippen LogP contribution in [0, 0.1) is 0 Å². The first-order chi connectivity index (χ1) is 26.3. The number of hydrogen-bond acceptors (Lipinski definition) is 4. The molecule has 2 aliphatic rings. The van der Waals surface area contributed by atoms with Gasteiger partial charge in [0.05, 0.1) is 11.4 Å². The Labute approximate surface area is 317 Å². The molecule has 5 heterocycles. The van der Waals surface area contributed by atoms with Gasteiger partial charge in [-0.15, -0.1) is 34.0 Å². The van der Waals surface area contributed by atoms with Crippen molar-refractivity contribution in [2.24, 2.45) is 0 Å². The molecular weight excluding hydrogens is 698 g/mol. The number of anilines is 3. The first kappa shape index (κ1) is 28.8. The maximum absolute atomic E-state index is 2.68. The second kappa shape index (κ2) is 10.5. The Morgan fingerprint density at radius 3 is 1.70 bits per heavy atom. The maximum atomic E-state index is 2.68. The zero-order valence-electron chi connectivity index (χ0n) is 28.3. The summed E-state index contributed by atoms with van der Waals surface area (Å²) >= 11 is 5.70. The van der Waals surface area contributed by atoms with E-state index in [4.69, 9.17) is 0 Å². The molecule has 0 unspecified atom stereocenters. The van der Waals surface area contributed by atoms with Crippen LogP contribution in [-0.4, -0.2) is 6.71 Å². The lowest BCUT2D eigenvalue weighted by Gasteiger charge is -2.37. The van der Waals surface area contributed by atoms with Gasteiger partial charge in [-0.25, -0.2) is 0 Å². The molecule has 0 saturated carbocycles. The highest BCUT2D eigenvalue weighted by Gasteiger charge is 2.44. The fraction of sp³-hybridized carbons (Fsp3) is 0. The molecule has 0 atom stereocenters. The number of thiophene rings is 3. The summed E-state index contributed by atoms with van der Waals surface area (Å²) in [6.45, 7) is 0.149. The maximum Gasteiger partial charge on any atom is 0.248 e. The molecule has 1 nitrogen and oxygen atoms in total. The van der Waals surface area contributed by atoms with Crippen LogP contribution < -0.4 is 21.3 Å². The van der Waals surface area contributed by atoms with Crippen molar-refractivity contribution in [3.63, 3.8) is 0 Å². The lowest BCUT2D eigenvalue weighted by molar-refractivity contribution is 1.33. The minimum Gasteiger partial charge on any atom is -0.310 e. The quantitative estimate of drug-likeness (QED) is 0.161. The molecule has 0 aliphatic carbocycles. The monoisotopic (exact) mass is 723 g/mol. The van der Waals surface area contributed by atoms with Crippen molar-refractivity contribution in [3.05, 3.63) is 158 Å². The van der Waals surface area contributed by atoms with E-state index in [1.165, 1.54) is 116 Å². The van der Waals surface area contributed by atoms with Crippen LogP contribution in [-0.2, 0) is 0 Å². The molecule has 0 bridgehead atoms. The third-order valence-corrected chi connectivity index (χ3v) is 15.1. The summed E-state index contributed by atoms with van der Waals surface area (Å²) in [5.74, 6) is 0. The zero-order valence-corrected chi connectivity index (χ0v) is 30.7. The van der Waals surface area contributed by atoms with Gasteiger partial charge < -0.3 is 4.90 Å². The number of hydrogen-bond donors (Lipinski definition) is 0. The SMILES string of the molecule is c1ccc2c(c1)B1c3ccc4sc5ccccc5c4c3N(c3cccc4sc5ccccc5c34)c3cc(-c4cccc5sc6ccccc6c45)cc-2c31. The Bertz CT molecular complexity index is 3380. The number of fused-ring (bicyclic) bond motifs is 15. The molecule has 2 aliphatic heterocycles. The number of benzene rings is 8. The van der Waals surface area contributed by atoms with Crippen molar-refractivity contribution < 1.29 is 0 Å². The number of nitrogens with zero attached hydrogens (tertiary/aromatic N) is 1. The minimum absolute atomic E-state index is 0.149. The first-order valence-electron chi connectivity index (χ1n) is 18.1. The van der Waals surface area contributed by atoms with Crippen molar-refractivity contribution in [1.29, 1.82) is 0 Å². The lowest BCUT2D eigenvalue weighted by atomic mass is 9.37. The van der Waals surface area contributed by atoms with E-state index in [9.17, 15) is 0 Å². The molecule has 0 amide bonds. The molecule has 0 N–H and O–H groups in total. The predicted octanol–water partition coefficient (Wildman–Crippen LogP) is 12.7. The Balaban J connectivity index is 1.22. The fourth-order valence-corrected chi connectivity index (χ4v) is 13.0. The van der Waals surface area contributed by atoms with Crippen LogP contribution in [0.4, 0.5) is 17.1 Å². The zero-order chi connectivity index (χ0) is 34.4. The average molecular weight is 724 g/mol. The lowest BCUT2D eigenvalue weighted by Crippen LogP contribution is -2.54. The first-order valence-corrected chi connectivity index (χ1v) is 20.6. The van der Waals surface area contributed by atoms with Crippen LogP contribution in [0.3, 0.4) is 0 Å². The average Bonchev–Trinajstić information content (AvgIpc) is 3.97. The van der Waals surface area contributed by atoms with E-state index < -0.39 is 0 Å². The van der Waals surface area contributed by atoms with E-state index in [1.807, 2.05) is 34.0 Å². The summed E-state index contributed by atoms with van der Waals surface area (Å²) in [6, 6.07) is 59.7. The summed E-state index contributed by atoms with van der Waals surface area (Å²) in [5.41, 5.74) is 13.3. The van der Waals surface area contributed by atoms with E-state index in [-0.39, 0.29) is 6.71 Å². The molecule has 0 fully saturated rings. The largest absolute Gasteiger partial charge is 0.310 e. The van der Waals surface area contributed by atoms with Crippen LogP contribution in [0.5, 0.6) is 0 Å². The van der Waals surface area contributed by atoms with Crippen molar-refractivity contribution in [2.45, 2.75) is 0 Å². The van der Waals surface area contributed by atoms with E-state index in [0.717, 1.165) is 0 Å². The van der Waals surface area contributed by atoms with E-state index in [2.05, 4.69) is 163 Å². The second-order valence-electron chi connectivity index (χ2n) is 14.3. The third-order valence-electron chi connectivity index (χ3n) is 11.7. The van der Waals surface area contributed by atoms with Gasteiger partial charge in [0.25, 0.3) is 0 Å². The molecule has 5 heteroatoms.